The normalized spacial score (nSPS) is 10.5. The summed E-state index contributed by atoms with van der Waals surface area (Å²) in [5, 5.41) is 3.44. The van der Waals surface area contributed by atoms with Crippen molar-refractivity contribution in [2.24, 2.45) is 0 Å². The molecule has 0 aromatic heterocycles. The quantitative estimate of drug-likeness (QED) is 0.586. The van der Waals surface area contributed by atoms with Crippen molar-refractivity contribution in [2.75, 3.05) is 19.0 Å². The maximum Gasteiger partial charge on any atom is 0.119 e. The van der Waals surface area contributed by atoms with Crippen molar-refractivity contribution in [1.82, 2.24) is 0 Å². The first kappa shape index (κ1) is 18.0. The van der Waals surface area contributed by atoms with Crippen LogP contribution in [-0.4, -0.2) is 13.7 Å². The number of anilines is 1. The second-order valence-corrected chi connectivity index (χ2v) is 6.21. The monoisotopic (exact) mass is 347 g/mol. The Balaban J connectivity index is 1.46. The van der Waals surface area contributed by atoms with E-state index >= 15 is 0 Å². The van der Waals surface area contributed by atoms with Crippen molar-refractivity contribution in [1.29, 1.82) is 0 Å². The largest absolute Gasteiger partial charge is 0.489 e. The Morgan fingerprint density at radius 2 is 1.42 bits per heavy atom. The zero-order valence-electron chi connectivity index (χ0n) is 15.2. The van der Waals surface area contributed by atoms with Crippen molar-refractivity contribution in [3.8, 4) is 5.75 Å². The van der Waals surface area contributed by atoms with Gasteiger partial charge in [0.25, 0.3) is 0 Å². The number of rotatable bonds is 9. The zero-order chi connectivity index (χ0) is 18.0. The summed E-state index contributed by atoms with van der Waals surface area (Å²) >= 11 is 0. The molecule has 3 aromatic rings. The van der Waals surface area contributed by atoms with Gasteiger partial charge in [-0.25, -0.2) is 0 Å². The molecule has 3 nitrogen and oxygen atoms in total. The lowest BCUT2D eigenvalue weighted by atomic mass is 10.1. The molecule has 3 aromatic carbocycles. The highest BCUT2D eigenvalue weighted by atomic mass is 16.5. The fraction of sp³-hybridized carbons (Fsp3) is 0.217. The molecule has 26 heavy (non-hydrogen) atoms. The SMILES string of the molecule is COCCc1ccc(CNc2ccc(OCc3ccccc3)cc2)cc1. The molecule has 0 bridgehead atoms. The molecule has 0 aliphatic carbocycles. The van der Waals surface area contributed by atoms with Gasteiger partial charge in [0.2, 0.25) is 0 Å². The van der Waals surface area contributed by atoms with Gasteiger partial charge < -0.3 is 14.8 Å². The molecule has 0 heterocycles. The minimum Gasteiger partial charge on any atom is -0.489 e. The number of ether oxygens (including phenoxy) is 2. The molecule has 0 unspecified atom stereocenters. The van der Waals surface area contributed by atoms with Crippen LogP contribution in [0.2, 0.25) is 0 Å². The van der Waals surface area contributed by atoms with Crippen LogP contribution in [0.15, 0.2) is 78.9 Å². The minimum absolute atomic E-state index is 0.586. The van der Waals surface area contributed by atoms with Crippen LogP contribution < -0.4 is 10.1 Å². The van der Waals surface area contributed by atoms with Crippen LogP contribution in [0.5, 0.6) is 5.75 Å². The van der Waals surface area contributed by atoms with Gasteiger partial charge in [0.15, 0.2) is 0 Å². The number of benzene rings is 3. The first-order chi connectivity index (χ1) is 12.8. The van der Waals surface area contributed by atoms with Gasteiger partial charge in [0.1, 0.15) is 12.4 Å². The Morgan fingerprint density at radius 3 is 2.12 bits per heavy atom. The lowest BCUT2D eigenvalue weighted by Crippen LogP contribution is -2.00. The van der Waals surface area contributed by atoms with Crippen LogP contribution in [0.1, 0.15) is 16.7 Å². The van der Waals surface area contributed by atoms with Crippen LogP contribution in [0.4, 0.5) is 5.69 Å². The summed E-state index contributed by atoms with van der Waals surface area (Å²) in [4.78, 5) is 0. The second kappa shape index (κ2) is 9.64. The van der Waals surface area contributed by atoms with E-state index in [1.54, 1.807) is 7.11 Å². The summed E-state index contributed by atoms with van der Waals surface area (Å²) in [5.41, 5.74) is 4.82. The standard InChI is InChI=1S/C23H25NO2/c1-25-16-15-19-7-9-20(10-8-19)17-24-22-11-13-23(14-12-22)26-18-21-5-3-2-4-6-21/h2-14,24H,15-18H2,1H3. The summed E-state index contributed by atoms with van der Waals surface area (Å²) in [6, 6.07) is 26.9. The molecule has 0 aliphatic heterocycles. The molecule has 1 N–H and O–H groups in total. The van der Waals surface area contributed by atoms with Gasteiger partial charge in [-0.05, 0) is 47.4 Å². The average Bonchev–Trinajstić information content (AvgIpc) is 2.71. The van der Waals surface area contributed by atoms with Crippen LogP contribution >= 0.6 is 0 Å². The minimum atomic E-state index is 0.586. The smallest absolute Gasteiger partial charge is 0.119 e. The lowest BCUT2D eigenvalue weighted by molar-refractivity contribution is 0.202. The Bertz CT molecular complexity index is 768. The van der Waals surface area contributed by atoms with Crippen molar-refractivity contribution in [3.63, 3.8) is 0 Å². The first-order valence-corrected chi connectivity index (χ1v) is 8.91. The predicted octanol–water partition coefficient (Wildman–Crippen LogP) is 5.07. The Hall–Kier alpha value is -2.78. The first-order valence-electron chi connectivity index (χ1n) is 8.91. The Kier molecular flexibility index (Phi) is 6.68. The number of hydrogen-bond acceptors (Lipinski definition) is 3. The van der Waals surface area contributed by atoms with Crippen LogP contribution in [0.25, 0.3) is 0 Å². The van der Waals surface area contributed by atoms with E-state index in [1.807, 2.05) is 42.5 Å². The molecule has 3 heteroatoms. The van der Waals surface area contributed by atoms with Gasteiger partial charge in [-0.15, -0.1) is 0 Å². The van der Waals surface area contributed by atoms with Crippen LogP contribution in [-0.2, 0) is 24.3 Å². The van der Waals surface area contributed by atoms with E-state index in [4.69, 9.17) is 9.47 Å². The van der Waals surface area contributed by atoms with E-state index in [9.17, 15) is 0 Å². The molecule has 0 amide bonds. The fourth-order valence-corrected chi connectivity index (χ4v) is 2.66. The highest BCUT2D eigenvalue weighted by molar-refractivity contribution is 5.47. The molecule has 0 aliphatic rings. The zero-order valence-corrected chi connectivity index (χ0v) is 15.2. The molecule has 134 valence electrons. The molecule has 0 spiro atoms. The van der Waals surface area contributed by atoms with Crippen molar-refractivity contribution in [2.45, 2.75) is 19.6 Å². The third kappa shape index (κ3) is 5.64. The summed E-state index contributed by atoms with van der Waals surface area (Å²) in [5.74, 6) is 0.877. The summed E-state index contributed by atoms with van der Waals surface area (Å²) in [6.45, 7) is 2.15. The molecule has 0 fully saturated rings. The van der Waals surface area contributed by atoms with E-state index < -0.39 is 0 Å². The molecule has 0 radical (unpaired) electrons. The predicted molar refractivity (Wildman–Crippen MR) is 107 cm³/mol. The average molecular weight is 347 g/mol. The van der Waals surface area contributed by atoms with Crippen LogP contribution in [0.3, 0.4) is 0 Å². The molecule has 3 rings (SSSR count). The van der Waals surface area contributed by atoms with Crippen molar-refractivity contribution < 1.29 is 9.47 Å². The van der Waals surface area contributed by atoms with E-state index in [-0.39, 0.29) is 0 Å². The van der Waals surface area contributed by atoms with E-state index in [1.165, 1.54) is 16.7 Å². The molecular weight excluding hydrogens is 322 g/mol. The number of nitrogens with one attached hydrogen (secondary N) is 1. The Morgan fingerprint density at radius 1 is 0.731 bits per heavy atom. The number of methoxy groups -OCH3 is 1. The molecule has 0 saturated carbocycles. The lowest BCUT2D eigenvalue weighted by Gasteiger charge is -2.10. The van der Waals surface area contributed by atoms with Gasteiger partial charge in [-0.3, -0.25) is 0 Å². The molecule has 0 atom stereocenters. The Labute approximate surface area is 155 Å². The molecular formula is C23H25NO2. The number of hydrogen-bond donors (Lipinski definition) is 1. The summed E-state index contributed by atoms with van der Waals surface area (Å²) in [7, 11) is 1.73. The van der Waals surface area contributed by atoms with Gasteiger partial charge in [0.05, 0.1) is 6.61 Å². The second-order valence-electron chi connectivity index (χ2n) is 6.21. The van der Waals surface area contributed by atoms with Gasteiger partial charge in [-0.1, -0.05) is 54.6 Å². The maximum absolute atomic E-state index is 5.82. The third-order valence-electron chi connectivity index (χ3n) is 4.22. The van der Waals surface area contributed by atoms with Gasteiger partial charge in [0, 0.05) is 19.3 Å². The third-order valence-corrected chi connectivity index (χ3v) is 4.22. The topological polar surface area (TPSA) is 30.5 Å². The summed E-state index contributed by atoms with van der Waals surface area (Å²) < 4.78 is 10.9. The van der Waals surface area contributed by atoms with Crippen molar-refractivity contribution >= 4 is 5.69 Å². The van der Waals surface area contributed by atoms with Crippen molar-refractivity contribution in [3.05, 3.63) is 95.6 Å². The van der Waals surface area contributed by atoms with Crippen LogP contribution in [0, 0.1) is 0 Å². The highest BCUT2D eigenvalue weighted by Gasteiger charge is 1.99. The summed E-state index contributed by atoms with van der Waals surface area (Å²) in [6.07, 6.45) is 0.953. The maximum atomic E-state index is 5.82. The van der Waals surface area contributed by atoms with E-state index in [0.29, 0.717) is 6.61 Å². The van der Waals surface area contributed by atoms with Gasteiger partial charge >= 0.3 is 0 Å². The van der Waals surface area contributed by atoms with E-state index in [0.717, 1.165) is 31.0 Å². The highest BCUT2D eigenvalue weighted by Crippen LogP contribution is 2.18. The van der Waals surface area contributed by atoms with E-state index in [2.05, 4.69) is 41.7 Å². The fourth-order valence-electron chi connectivity index (χ4n) is 2.66. The van der Waals surface area contributed by atoms with Gasteiger partial charge in [-0.2, -0.15) is 0 Å². The molecule has 0 saturated heterocycles.